The normalized spacial score (nSPS) is 10.3. The molecule has 0 aliphatic heterocycles. The molecule has 2 aromatic carbocycles. The first kappa shape index (κ1) is 20.0. The zero-order valence-electron chi connectivity index (χ0n) is 16.5. The van der Waals surface area contributed by atoms with Gasteiger partial charge in [0.15, 0.2) is 0 Å². The molecule has 29 heavy (non-hydrogen) atoms. The smallest absolute Gasteiger partial charge is 0.338 e. The van der Waals surface area contributed by atoms with Crippen LogP contribution in [0.25, 0.3) is 0 Å². The van der Waals surface area contributed by atoms with Crippen LogP contribution in [0.4, 0.5) is 17.3 Å². The van der Waals surface area contributed by atoms with Gasteiger partial charge in [-0.05, 0) is 62.7 Å². The van der Waals surface area contributed by atoms with Crippen LogP contribution in [-0.4, -0.2) is 28.5 Å². The number of hydrogen-bond acceptors (Lipinski definition) is 6. The zero-order valence-corrected chi connectivity index (χ0v) is 16.5. The molecule has 0 saturated heterocycles. The number of esters is 1. The van der Waals surface area contributed by atoms with E-state index in [9.17, 15) is 9.59 Å². The molecule has 2 N–H and O–H groups in total. The summed E-state index contributed by atoms with van der Waals surface area (Å²) in [5.41, 5.74) is 3.80. The molecule has 7 heteroatoms. The van der Waals surface area contributed by atoms with Gasteiger partial charge in [-0.2, -0.15) is 0 Å². The molecule has 0 atom stereocenters. The number of hydrogen-bond donors (Lipinski definition) is 2. The van der Waals surface area contributed by atoms with Gasteiger partial charge < -0.3 is 15.4 Å². The van der Waals surface area contributed by atoms with Crippen LogP contribution in [0.1, 0.15) is 39.0 Å². The first-order valence-corrected chi connectivity index (χ1v) is 9.23. The van der Waals surface area contributed by atoms with E-state index in [1.54, 1.807) is 44.2 Å². The van der Waals surface area contributed by atoms with Crippen LogP contribution < -0.4 is 10.6 Å². The number of aromatic nitrogens is 2. The molecule has 0 aliphatic carbocycles. The maximum Gasteiger partial charge on any atom is 0.338 e. The molecule has 1 heterocycles. The summed E-state index contributed by atoms with van der Waals surface area (Å²) in [4.78, 5) is 33.0. The van der Waals surface area contributed by atoms with Crippen molar-refractivity contribution in [1.82, 2.24) is 9.97 Å². The Morgan fingerprint density at radius 3 is 2.41 bits per heavy atom. The Kier molecular flexibility index (Phi) is 6.19. The van der Waals surface area contributed by atoms with Gasteiger partial charge in [-0.1, -0.05) is 18.2 Å². The summed E-state index contributed by atoms with van der Waals surface area (Å²) in [7, 11) is 0. The van der Waals surface area contributed by atoms with E-state index in [4.69, 9.17) is 4.74 Å². The fourth-order valence-corrected chi connectivity index (χ4v) is 2.67. The largest absolute Gasteiger partial charge is 0.462 e. The highest BCUT2D eigenvalue weighted by Gasteiger charge is 2.13. The quantitative estimate of drug-likeness (QED) is 0.611. The van der Waals surface area contributed by atoms with Gasteiger partial charge >= 0.3 is 5.97 Å². The molecular formula is C22H22N4O3. The van der Waals surface area contributed by atoms with Gasteiger partial charge in [0.05, 0.1) is 12.2 Å². The van der Waals surface area contributed by atoms with Crippen molar-refractivity contribution in [1.29, 1.82) is 0 Å². The van der Waals surface area contributed by atoms with E-state index in [2.05, 4.69) is 20.6 Å². The van der Waals surface area contributed by atoms with Crippen LogP contribution in [0.15, 0.2) is 54.6 Å². The summed E-state index contributed by atoms with van der Waals surface area (Å²) in [5, 5.41) is 5.93. The predicted molar refractivity (Wildman–Crippen MR) is 112 cm³/mol. The van der Waals surface area contributed by atoms with Gasteiger partial charge in [0, 0.05) is 17.1 Å². The van der Waals surface area contributed by atoms with Crippen molar-refractivity contribution < 1.29 is 14.3 Å². The van der Waals surface area contributed by atoms with Crippen LogP contribution in [-0.2, 0) is 4.74 Å². The topological polar surface area (TPSA) is 93.2 Å². The number of anilines is 3. The Bertz CT molecular complexity index is 1030. The molecular weight excluding hydrogens is 368 g/mol. The number of benzene rings is 2. The molecule has 148 valence electrons. The average Bonchev–Trinajstić information content (AvgIpc) is 2.70. The number of ether oxygens (including phenoxy) is 1. The minimum atomic E-state index is -0.399. The maximum absolute atomic E-state index is 12.6. The minimum Gasteiger partial charge on any atom is -0.462 e. The van der Waals surface area contributed by atoms with E-state index >= 15 is 0 Å². The van der Waals surface area contributed by atoms with Gasteiger partial charge in [0.25, 0.3) is 5.91 Å². The third kappa shape index (κ3) is 5.16. The fraction of sp³-hybridized carbons (Fsp3) is 0.182. The van der Waals surface area contributed by atoms with E-state index in [1.807, 2.05) is 31.2 Å². The lowest BCUT2D eigenvalue weighted by Crippen LogP contribution is -2.15. The maximum atomic E-state index is 12.6. The van der Waals surface area contributed by atoms with Crippen molar-refractivity contribution in [3.8, 4) is 0 Å². The number of nitrogens with zero attached hydrogens (tertiary/aromatic N) is 2. The monoisotopic (exact) mass is 390 g/mol. The number of carbonyl (C=O) groups is 2. The van der Waals surface area contributed by atoms with Crippen LogP contribution >= 0.6 is 0 Å². The highest BCUT2D eigenvalue weighted by Crippen LogP contribution is 2.18. The molecule has 3 rings (SSSR count). The molecule has 0 aliphatic rings. The number of para-hydroxylation sites is 1. The van der Waals surface area contributed by atoms with Crippen molar-refractivity contribution in [3.63, 3.8) is 0 Å². The SMILES string of the molecule is CCOC(=O)c1ccc(NC(=O)c2cc(C)nc(Nc3ccccc3C)n2)cc1. The molecule has 1 aromatic heterocycles. The second kappa shape index (κ2) is 8.97. The highest BCUT2D eigenvalue weighted by atomic mass is 16.5. The molecule has 0 spiro atoms. The number of carbonyl (C=O) groups excluding carboxylic acids is 2. The van der Waals surface area contributed by atoms with E-state index in [0.29, 0.717) is 29.5 Å². The Balaban J connectivity index is 1.75. The molecule has 0 bridgehead atoms. The second-order valence-corrected chi connectivity index (χ2v) is 6.41. The first-order chi connectivity index (χ1) is 14.0. The van der Waals surface area contributed by atoms with Gasteiger partial charge in [-0.15, -0.1) is 0 Å². The van der Waals surface area contributed by atoms with Gasteiger partial charge in [0.1, 0.15) is 5.69 Å². The lowest BCUT2D eigenvalue weighted by atomic mass is 10.2. The van der Waals surface area contributed by atoms with Crippen LogP contribution in [0.3, 0.4) is 0 Å². The summed E-state index contributed by atoms with van der Waals surface area (Å²) in [6.45, 7) is 5.84. The number of amides is 1. The Labute approximate surface area is 169 Å². The third-order valence-electron chi connectivity index (χ3n) is 4.13. The van der Waals surface area contributed by atoms with E-state index in [-0.39, 0.29) is 11.6 Å². The number of nitrogens with one attached hydrogen (secondary N) is 2. The highest BCUT2D eigenvalue weighted by molar-refractivity contribution is 6.03. The predicted octanol–water partition coefficient (Wildman–Crippen LogP) is 4.27. The summed E-state index contributed by atoms with van der Waals surface area (Å²) >= 11 is 0. The van der Waals surface area contributed by atoms with Crippen molar-refractivity contribution in [3.05, 3.63) is 77.1 Å². The zero-order chi connectivity index (χ0) is 20.8. The van der Waals surface area contributed by atoms with Crippen molar-refractivity contribution in [2.45, 2.75) is 20.8 Å². The molecule has 1 amide bonds. The summed E-state index contributed by atoms with van der Waals surface area (Å²) in [6, 6.07) is 15.9. The van der Waals surface area contributed by atoms with Gasteiger partial charge in [-0.3, -0.25) is 4.79 Å². The summed E-state index contributed by atoms with van der Waals surface area (Å²) in [5.74, 6) is -0.418. The molecule has 7 nitrogen and oxygen atoms in total. The fourth-order valence-electron chi connectivity index (χ4n) is 2.67. The lowest BCUT2D eigenvalue weighted by Gasteiger charge is -2.10. The van der Waals surface area contributed by atoms with Gasteiger partial charge in [0.2, 0.25) is 5.95 Å². The van der Waals surface area contributed by atoms with Crippen molar-refractivity contribution in [2.24, 2.45) is 0 Å². The molecule has 0 unspecified atom stereocenters. The summed E-state index contributed by atoms with van der Waals surface area (Å²) in [6.07, 6.45) is 0. The standard InChI is InChI=1S/C22H22N4O3/c1-4-29-21(28)16-9-11-17(12-10-16)24-20(27)19-13-15(3)23-22(26-19)25-18-8-6-5-7-14(18)2/h5-13H,4H2,1-3H3,(H,24,27)(H,23,25,26). The Morgan fingerprint density at radius 2 is 1.72 bits per heavy atom. The molecule has 3 aromatic rings. The Morgan fingerprint density at radius 1 is 1.00 bits per heavy atom. The lowest BCUT2D eigenvalue weighted by molar-refractivity contribution is 0.0526. The van der Waals surface area contributed by atoms with E-state index in [0.717, 1.165) is 11.3 Å². The third-order valence-corrected chi connectivity index (χ3v) is 4.13. The first-order valence-electron chi connectivity index (χ1n) is 9.23. The van der Waals surface area contributed by atoms with E-state index in [1.165, 1.54) is 0 Å². The number of rotatable bonds is 6. The van der Waals surface area contributed by atoms with E-state index < -0.39 is 5.97 Å². The average molecular weight is 390 g/mol. The van der Waals surface area contributed by atoms with Crippen LogP contribution in [0.2, 0.25) is 0 Å². The Hall–Kier alpha value is -3.74. The summed E-state index contributed by atoms with van der Waals surface area (Å²) < 4.78 is 4.95. The molecule has 0 saturated carbocycles. The van der Waals surface area contributed by atoms with Crippen LogP contribution in [0, 0.1) is 13.8 Å². The van der Waals surface area contributed by atoms with Crippen molar-refractivity contribution in [2.75, 3.05) is 17.2 Å². The molecule has 0 fully saturated rings. The van der Waals surface area contributed by atoms with Gasteiger partial charge in [-0.25, -0.2) is 14.8 Å². The van der Waals surface area contributed by atoms with Crippen LogP contribution in [0.5, 0.6) is 0 Å². The minimum absolute atomic E-state index is 0.239. The molecule has 0 radical (unpaired) electrons. The number of aryl methyl sites for hydroxylation is 2. The second-order valence-electron chi connectivity index (χ2n) is 6.41. The van der Waals surface area contributed by atoms with Crippen molar-refractivity contribution >= 4 is 29.2 Å².